The van der Waals surface area contributed by atoms with Crippen LogP contribution in [0.1, 0.15) is 23.2 Å². The number of nitrogens with one attached hydrogen (secondary N) is 1. The number of anilines is 1. The molecule has 0 atom stereocenters. The van der Waals surface area contributed by atoms with Crippen LogP contribution < -0.4 is 10.2 Å². The quantitative estimate of drug-likeness (QED) is 0.587. The fourth-order valence-electron chi connectivity index (χ4n) is 3.82. The fourth-order valence-corrected chi connectivity index (χ4v) is 3.82. The summed E-state index contributed by atoms with van der Waals surface area (Å²) in [6.45, 7) is 6.17. The lowest BCUT2D eigenvalue weighted by Crippen LogP contribution is -2.46. The van der Waals surface area contributed by atoms with Gasteiger partial charge in [-0.1, -0.05) is 18.2 Å². The lowest BCUT2D eigenvalue weighted by Gasteiger charge is -2.36. The molecule has 0 aliphatic carbocycles. The Labute approximate surface area is 178 Å². The van der Waals surface area contributed by atoms with Gasteiger partial charge in [0.25, 0.3) is 5.91 Å². The van der Waals surface area contributed by atoms with Gasteiger partial charge in [0.15, 0.2) is 0 Å². The largest absolute Gasteiger partial charge is 0.369 e. The molecule has 0 spiro atoms. The molecule has 30 heavy (non-hydrogen) atoms. The van der Waals surface area contributed by atoms with Gasteiger partial charge in [0.05, 0.1) is 5.69 Å². The van der Waals surface area contributed by atoms with Gasteiger partial charge in [-0.15, -0.1) is 0 Å². The predicted octanol–water partition coefficient (Wildman–Crippen LogP) is 3.20. The molecule has 1 aliphatic heterocycles. The van der Waals surface area contributed by atoms with Crippen LogP contribution in [0.2, 0.25) is 0 Å². The van der Waals surface area contributed by atoms with Crippen molar-refractivity contribution >= 4 is 11.6 Å². The first kappa shape index (κ1) is 20.2. The van der Waals surface area contributed by atoms with E-state index in [9.17, 15) is 4.79 Å². The van der Waals surface area contributed by atoms with Gasteiger partial charge in [-0.2, -0.15) is 5.10 Å². The number of benzene rings is 2. The number of aromatic nitrogens is 2. The second kappa shape index (κ2) is 10.1. The van der Waals surface area contributed by atoms with Crippen molar-refractivity contribution in [1.82, 2.24) is 20.0 Å². The maximum atomic E-state index is 12.3. The van der Waals surface area contributed by atoms with Crippen molar-refractivity contribution in [2.45, 2.75) is 12.8 Å². The minimum absolute atomic E-state index is 0.0153. The summed E-state index contributed by atoms with van der Waals surface area (Å²) in [5, 5.41) is 7.23. The highest BCUT2D eigenvalue weighted by molar-refractivity contribution is 5.94. The van der Waals surface area contributed by atoms with Gasteiger partial charge in [-0.05, 0) is 61.9 Å². The number of amides is 1. The molecule has 0 saturated carbocycles. The summed E-state index contributed by atoms with van der Waals surface area (Å²) in [5.41, 5.74) is 2.95. The first-order valence-corrected chi connectivity index (χ1v) is 10.7. The second-order valence-corrected chi connectivity index (χ2v) is 7.62. The van der Waals surface area contributed by atoms with Gasteiger partial charge in [0.2, 0.25) is 0 Å². The molecule has 1 aromatic heterocycles. The van der Waals surface area contributed by atoms with Crippen molar-refractivity contribution in [3.05, 3.63) is 78.6 Å². The Bertz CT molecular complexity index is 901. The van der Waals surface area contributed by atoms with Gasteiger partial charge in [0, 0.05) is 56.4 Å². The highest BCUT2D eigenvalue weighted by Crippen LogP contribution is 2.15. The summed E-state index contributed by atoms with van der Waals surface area (Å²) in [5.74, 6) is -0.0153. The number of hydrogen-bond donors (Lipinski definition) is 1. The van der Waals surface area contributed by atoms with Gasteiger partial charge >= 0.3 is 0 Å². The first-order chi connectivity index (χ1) is 14.8. The highest BCUT2D eigenvalue weighted by atomic mass is 16.1. The zero-order valence-electron chi connectivity index (χ0n) is 17.3. The van der Waals surface area contributed by atoms with Crippen LogP contribution >= 0.6 is 0 Å². The Morgan fingerprint density at radius 2 is 1.63 bits per heavy atom. The normalized spacial score (nSPS) is 14.6. The van der Waals surface area contributed by atoms with Crippen LogP contribution in [0.25, 0.3) is 5.69 Å². The minimum atomic E-state index is -0.0153. The number of carbonyl (C=O) groups excluding carboxylic acids is 1. The Hall–Kier alpha value is -3.12. The number of para-hydroxylation sites is 1. The van der Waals surface area contributed by atoms with Crippen LogP contribution in [0.4, 0.5) is 5.69 Å². The van der Waals surface area contributed by atoms with E-state index in [4.69, 9.17) is 0 Å². The average Bonchev–Trinajstić information content (AvgIpc) is 3.35. The number of carbonyl (C=O) groups is 1. The number of unbranched alkanes of at least 4 members (excludes halogenated alkanes) is 1. The molecular weight excluding hydrogens is 374 g/mol. The molecule has 6 nitrogen and oxygen atoms in total. The second-order valence-electron chi connectivity index (χ2n) is 7.62. The summed E-state index contributed by atoms with van der Waals surface area (Å²) >= 11 is 0. The summed E-state index contributed by atoms with van der Waals surface area (Å²) in [4.78, 5) is 17.3. The smallest absolute Gasteiger partial charge is 0.251 e. The number of piperazine rings is 1. The highest BCUT2D eigenvalue weighted by Gasteiger charge is 2.16. The lowest BCUT2D eigenvalue weighted by atomic mass is 10.2. The van der Waals surface area contributed by atoms with E-state index < -0.39 is 0 Å². The Balaban J connectivity index is 1.12. The molecule has 0 bridgehead atoms. The molecule has 3 aromatic rings. The molecule has 1 saturated heterocycles. The van der Waals surface area contributed by atoms with Crippen molar-refractivity contribution in [3.8, 4) is 5.69 Å². The van der Waals surface area contributed by atoms with Crippen LogP contribution in [0.3, 0.4) is 0 Å². The summed E-state index contributed by atoms with van der Waals surface area (Å²) in [7, 11) is 0. The summed E-state index contributed by atoms with van der Waals surface area (Å²) in [6.07, 6.45) is 5.72. The zero-order valence-corrected chi connectivity index (χ0v) is 17.3. The standard InChI is InChI=1S/C24H29N5O/c30-24(21-9-11-23(12-10-21)29-16-6-14-26-29)25-13-4-5-15-27-17-19-28(20-18-27)22-7-2-1-3-8-22/h1-3,6-12,14,16H,4-5,13,15,17-20H2,(H,25,30). The summed E-state index contributed by atoms with van der Waals surface area (Å²) < 4.78 is 1.78. The van der Waals surface area contributed by atoms with E-state index in [-0.39, 0.29) is 5.91 Å². The monoisotopic (exact) mass is 403 g/mol. The lowest BCUT2D eigenvalue weighted by molar-refractivity contribution is 0.0952. The third-order valence-electron chi connectivity index (χ3n) is 5.58. The van der Waals surface area contributed by atoms with Crippen molar-refractivity contribution in [1.29, 1.82) is 0 Å². The Kier molecular flexibility index (Phi) is 6.77. The predicted molar refractivity (Wildman–Crippen MR) is 120 cm³/mol. The van der Waals surface area contributed by atoms with E-state index in [1.54, 1.807) is 10.9 Å². The maximum absolute atomic E-state index is 12.3. The number of nitrogens with zero attached hydrogens (tertiary/aromatic N) is 4. The molecule has 2 aromatic carbocycles. The molecule has 6 heteroatoms. The van der Waals surface area contributed by atoms with Crippen molar-refractivity contribution in [2.24, 2.45) is 0 Å². The topological polar surface area (TPSA) is 53.4 Å². The Morgan fingerprint density at radius 1 is 0.867 bits per heavy atom. The van der Waals surface area contributed by atoms with Gasteiger partial charge < -0.3 is 10.2 Å². The molecule has 1 amide bonds. The molecule has 0 unspecified atom stereocenters. The van der Waals surface area contributed by atoms with Crippen molar-refractivity contribution in [2.75, 3.05) is 44.2 Å². The summed E-state index contributed by atoms with van der Waals surface area (Å²) in [6, 6.07) is 20.0. The third kappa shape index (κ3) is 5.27. The third-order valence-corrected chi connectivity index (χ3v) is 5.58. The van der Waals surface area contributed by atoms with Crippen LogP contribution in [0, 0.1) is 0 Å². The minimum Gasteiger partial charge on any atom is -0.369 e. The van der Waals surface area contributed by atoms with E-state index in [1.807, 2.05) is 36.5 Å². The van der Waals surface area contributed by atoms with E-state index in [0.29, 0.717) is 12.1 Å². The molecule has 0 radical (unpaired) electrons. The Morgan fingerprint density at radius 3 is 2.33 bits per heavy atom. The first-order valence-electron chi connectivity index (χ1n) is 10.7. The van der Waals surface area contributed by atoms with Crippen molar-refractivity contribution < 1.29 is 4.79 Å². The molecule has 1 N–H and O–H groups in total. The van der Waals surface area contributed by atoms with E-state index >= 15 is 0 Å². The van der Waals surface area contributed by atoms with E-state index in [1.165, 1.54) is 5.69 Å². The fraction of sp³-hybridized carbons (Fsp3) is 0.333. The molecule has 4 rings (SSSR count). The maximum Gasteiger partial charge on any atom is 0.251 e. The number of hydrogen-bond acceptors (Lipinski definition) is 4. The van der Waals surface area contributed by atoms with Gasteiger partial charge in [-0.25, -0.2) is 4.68 Å². The number of rotatable bonds is 8. The van der Waals surface area contributed by atoms with Gasteiger partial charge in [-0.3, -0.25) is 9.69 Å². The molecule has 2 heterocycles. The molecule has 1 fully saturated rings. The van der Waals surface area contributed by atoms with Crippen LogP contribution in [0.5, 0.6) is 0 Å². The van der Waals surface area contributed by atoms with Crippen LogP contribution in [-0.2, 0) is 0 Å². The zero-order chi connectivity index (χ0) is 20.6. The van der Waals surface area contributed by atoms with E-state index in [2.05, 4.69) is 50.5 Å². The van der Waals surface area contributed by atoms with Crippen molar-refractivity contribution in [3.63, 3.8) is 0 Å². The van der Waals surface area contributed by atoms with Crippen LogP contribution in [-0.4, -0.2) is 59.9 Å². The van der Waals surface area contributed by atoms with E-state index in [0.717, 1.165) is 51.3 Å². The van der Waals surface area contributed by atoms with Gasteiger partial charge in [0.1, 0.15) is 0 Å². The SMILES string of the molecule is O=C(NCCCCN1CCN(c2ccccc2)CC1)c1ccc(-n2cccn2)cc1. The van der Waals surface area contributed by atoms with Crippen LogP contribution in [0.15, 0.2) is 73.1 Å². The molecule has 1 aliphatic rings. The average molecular weight is 404 g/mol. The molecule has 156 valence electrons. The molecular formula is C24H29N5O.